The summed E-state index contributed by atoms with van der Waals surface area (Å²) in [4.78, 5) is 15.2. The number of nitrogens with two attached hydrogens (primary N) is 1. The van der Waals surface area contributed by atoms with Gasteiger partial charge in [0.15, 0.2) is 0 Å². The summed E-state index contributed by atoms with van der Waals surface area (Å²) >= 11 is 0. The van der Waals surface area contributed by atoms with E-state index in [1.807, 2.05) is 13.8 Å². The Balaban J connectivity index is 2.78. The number of rotatable bonds is 5. The molecule has 1 amide bonds. The second-order valence-electron chi connectivity index (χ2n) is 4.08. The summed E-state index contributed by atoms with van der Waals surface area (Å²) in [5.41, 5.74) is 5.29. The molecule has 0 spiro atoms. The third kappa shape index (κ3) is 3.20. The van der Waals surface area contributed by atoms with Crippen molar-refractivity contribution in [2.24, 2.45) is 5.73 Å². The lowest BCUT2D eigenvalue weighted by Crippen LogP contribution is -2.33. The number of carbonyl (C=O) groups is 1. The molecule has 0 aromatic carbocycles. The molecule has 0 radical (unpaired) electrons. The molecule has 1 aromatic heterocycles. The minimum Gasteiger partial charge on any atom is -0.377 e. The first-order chi connectivity index (χ1) is 7.46. The number of amides is 1. The van der Waals surface area contributed by atoms with Crippen LogP contribution in [0.5, 0.6) is 0 Å². The molecule has 0 fully saturated rings. The first-order valence-electron chi connectivity index (χ1n) is 5.00. The lowest BCUT2D eigenvalue weighted by molar-refractivity contribution is 0.0343. The monoisotopic (exact) mass is 223 g/mol. The smallest absolute Gasteiger partial charge is 0.252 e. The quantitative estimate of drug-likeness (QED) is 0.781. The SMILES string of the molecule is COC(C)(C)CNc1ncccc1C(N)=O. The minimum absolute atomic E-state index is 0.327. The Hall–Kier alpha value is -1.62. The minimum atomic E-state index is -0.495. The Labute approximate surface area is 95.0 Å². The van der Waals surface area contributed by atoms with E-state index in [-0.39, 0.29) is 5.60 Å². The zero-order chi connectivity index (χ0) is 12.2. The summed E-state index contributed by atoms with van der Waals surface area (Å²) < 4.78 is 5.25. The summed E-state index contributed by atoms with van der Waals surface area (Å²) in [5, 5.41) is 3.05. The Morgan fingerprint density at radius 1 is 1.62 bits per heavy atom. The van der Waals surface area contributed by atoms with Crippen LogP contribution in [-0.2, 0) is 4.74 Å². The van der Waals surface area contributed by atoms with Crippen LogP contribution in [0, 0.1) is 0 Å². The van der Waals surface area contributed by atoms with Gasteiger partial charge in [-0.2, -0.15) is 0 Å². The second-order valence-corrected chi connectivity index (χ2v) is 4.08. The van der Waals surface area contributed by atoms with Gasteiger partial charge in [0, 0.05) is 19.9 Å². The van der Waals surface area contributed by atoms with E-state index in [1.54, 1.807) is 25.4 Å². The zero-order valence-electron chi connectivity index (χ0n) is 9.78. The number of aromatic nitrogens is 1. The highest BCUT2D eigenvalue weighted by Crippen LogP contribution is 2.13. The molecule has 5 heteroatoms. The highest BCUT2D eigenvalue weighted by Gasteiger charge is 2.17. The van der Waals surface area contributed by atoms with Gasteiger partial charge in [-0.15, -0.1) is 0 Å². The van der Waals surface area contributed by atoms with Crippen LogP contribution in [-0.4, -0.2) is 30.1 Å². The molecule has 0 atom stereocenters. The van der Waals surface area contributed by atoms with E-state index in [1.165, 1.54) is 0 Å². The fourth-order valence-corrected chi connectivity index (χ4v) is 1.11. The molecule has 0 saturated carbocycles. The Morgan fingerprint density at radius 3 is 2.88 bits per heavy atom. The van der Waals surface area contributed by atoms with Crippen LogP contribution in [0.2, 0.25) is 0 Å². The van der Waals surface area contributed by atoms with Crippen molar-refractivity contribution in [1.82, 2.24) is 4.98 Å². The van der Waals surface area contributed by atoms with Crippen molar-refractivity contribution in [1.29, 1.82) is 0 Å². The number of nitrogens with one attached hydrogen (secondary N) is 1. The summed E-state index contributed by atoms with van der Waals surface area (Å²) in [5.74, 6) is -0.00838. The molecule has 0 aliphatic heterocycles. The summed E-state index contributed by atoms with van der Waals surface area (Å²) in [6.07, 6.45) is 1.61. The van der Waals surface area contributed by atoms with Crippen LogP contribution >= 0.6 is 0 Å². The van der Waals surface area contributed by atoms with Gasteiger partial charge in [0.1, 0.15) is 5.82 Å². The summed E-state index contributed by atoms with van der Waals surface area (Å²) in [7, 11) is 1.63. The van der Waals surface area contributed by atoms with Crippen LogP contribution in [0.15, 0.2) is 18.3 Å². The van der Waals surface area contributed by atoms with Crippen LogP contribution < -0.4 is 11.1 Å². The zero-order valence-corrected chi connectivity index (χ0v) is 9.78. The molecule has 1 rings (SSSR count). The number of carbonyl (C=O) groups excluding carboxylic acids is 1. The van der Waals surface area contributed by atoms with Crippen molar-refractivity contribution in [3.8, 4) is 0 Å². The number of hydrogen-bond acceptors (Lipinski definition) is 4. The highest BCUT2D eigenvalue weighted by atomic mass is 16.5. The van der Waals surface area contributed by atoms with Crippen molar-refractivity contribution >= 4 is 11.7 Å². The molecule has 0 aliphatic rings. The number of methoxy groups -OCH3 is 1. The number of primary amides is 1. The van der Waals surface area contributed by atoms with Crippen LogP contribution in [0.25, 0.3) is 0 Å². The lowest BCUT2D eigenvalue weighted by atomic mass is 10.1. The van der Waals surface area contributed by atoms with E-state index in [9.17, 15) is 4.79 Å². The maximum Gasteiger partial charge on any atom is 0.252 e. The van der Waals surface area contributed by atoms with E-state index in [0.717, 1.165) is 0 Å². The number of pyridine rings is 1. The van der Waals surface area contributed by atoms with E-state index in [2.05, 4.69) is 10.3 Å². The number of ether oxygens (including phenoxy) is 1. The molecule has 88 valence electrons. The first kappa shape index (κ1) is 12.4. The van der Waals surface area contributed by atoms with Crippen LogP contribution in [0.1, 0.15) is 24.2 Å². The van der Waals surface area contributed by atoms with E-state index in [4.69, 9.17) is 10.5 Å². The summed E-state index contributed by atoms with van der Waals surface area (Å²) in [6.45, 7) is 4.42. The predicted molar refractivity (Wildman–Crippen MR) is 62.3 cm³/mol. The Morgan fingerprint density at radius 2 is 2.31 bits per heavy atom. The van der Waals surface area contributed by atoms with Gasteiger partial charge >= 0.3 is 0 Å². The number of anilines is 1. The molecule has 0 aliphatic carbocycles. The Kier molecular flexibility index (Phi) is 3.84. The van der Waals surface area contributed by atoms with E-state index >= 15 is 0 Å². The van der Waals surface area contributed by atoms with Crippen molar-refractivity contribution in [3.63, 3.8) is 0 Å². The van der Waals surface area contributed by atoms with Gasteiger partial charge in [0.2, 0.25) is 0 Å². The van der Waals surface area contributed by atoms with Crippen molar-refractivity contribution in [2.75, 3.05) is 19.0 Å². The van der Waals surface area contributed by atoms with Crippen molar-refractivity contribution < 1.29 is 9.53 Å². The number of hydrogen-bond donors (Lipinski definition) is 2. The highest BCUT2D eigenvalue weighted by molar-refractivity contribution is 5.97. The third-order valence-corrected chi connectivity index (χ3v) is 2.31. The topological polar surface area (TPSA) is 77.2 Å². The Bertz CT molecular complexity index is 377. The summed E-state index contributed by atoms with van der Waals surface area (Å²) in [6, 6.07) is 3.31. The fourth-order valence-electron chi connectivity index (χ4n) is 1.11. The van der Waals surface area contributed by atoms with Gasteiger partial charge in [0.25, 0.3) is 5.91 Å². The number of nitrogens with zero attached hydrogens (tertiary/aromatic N) is 1. The maximum absolute atomic E-state index is 11.1. The third-order valence-electron chi connectivity index (χ3n) is 2.31. The largest absolute Gasteiger partial charge is 0.377 e. The maximum atomic E-state index is 11.1. The fraction of sp³-hybridized carbons (Fsp3) is 0.455. The van der Waals surface area contributed by atoms with Gasteiger partial charge in [-0.25, -0.2) is 4.98 Å². The standard InChI is InChI=1S/C11H17N3O2/c1-11(2,16-3)7-14-10-8(9(12)15)5-4-6-13-10/h4-6H,7H2,1-3H3,(H2,12,15)(H,13,14). The van der Waals surface area contributed by atoms with Crippen LogP contribution in [0.3, 0.4) is 0 Å². The van der Waals surface area contributed by atoms with E-state index < -0.39 is 5.91 Å². The average Bonchev–Trinajstić information content (AvgIpc) is 2.27. The van der Waals surface area contributed by atoms with Gasteiger partial charge in [-0.05, 0) is 26.0 Å². The first-order valence-corrected chi connectivity index (χ1v) is 5.00. The van der Waals surface area contributed by atoms with Gasteiger partial charge in [-0.1, -0.05) is 0 Å². The molecule has 1 heterocycles. The molecule has 0 saturated heterocycles. The van der Waals surface area contributed by atoms with Gasteiger partial charge in [0.05, 0.1) is 11.2 Å². The van der Waals surface area contributed by atoms with Gasteiger partial charge < -0.3 is 15.8 Å². The van der Waals surface area contributed by atoms with Crippen LogP contribution in [0.4, 0.5) is 5.82 Å². The predicted octanol–water partition coefficient (Wildman–Crippen LogP) is 1.02. The second kappa shape index (κ2) is 4.94. The molecular formula is C11H17N3O2. The van der Waals surface area contributed by atoms with Crippen molar-refractivity contribution in [2.45, 2.75) is 19.4 Å². The normalized spacial score (nSPS) is 11.2. The molecule has 5 nitrogen and oxygen atoms in total. The molecular weight excluding hydrogens is 206 g/mol. The molecule has 0 bridgehead atoms. The van der Waals surface area contributed by atoms with E-state index in [0.29, 0.717) is 17.9 Å². The lowest BCUT2D eigenvalue weighted by Gasteiger charge is -2.23. The molecule has 1 aromatic rings. The molecule has 0 unspecified atom stereocenters. The molecule has 16 heavy (non-hydrogen) atoms. The average molecular weight is 223 g/mol. The molecule has 3 N–H and O–H groups in total. The van der Waals surface area contributed by atoms with Crippen molar-refractivity contribution in [3.05, 3.63) is 23.9 Å². The van der Waals surface area contributed by atoms with Gasteiger partial charge in [-0.3, -0.25) is 4.79 Å².